The summed E-state index contributed by atoms with van der Waals surface area (Å²) in [5, 5.41) is 4.54. The van der Waals surface area contributed by atoms with Gasteiger partial charge < -0.3 is 15.4 Å². The molecule has 0 aliphatic carbocycles. The molecule has 0 aliphatic heterocycles. The van der Waals surface area contributed by atoms with E-state index in [9.17, 15) is 22.8 Å². The van der Waals surface area contributed by atoms with Crippen molar-refractivity contribution >= 4 is 45.0 Å². The Labute approximate surface area is 159 Å². The predicted octanol–water partition coefficient (Wildman–Crippen LogP) is 3.65. The highest BCUT2D eigenvalue weighted by Gasteiger charge is 2.15. The minimum atomic E-state index is -1.70. The molecule has 2 aromatic rings. The van der Waals surface area contributed by atoms with E-state index >= 15 is 0 Å². The van der Waals surface area contributed by atoms with Gasteiger partial charge in [0.25, 0.3) is 5.91 Å². The van der Waals surface area contributed by atoms with Crippen molar-refractivity contribution in [3.8, 4) is 5.75 Å². The Balaban J connectivity index is 1.82. The Hall–Kier alpha value is -2.26. The van der Waals surface area contributed by atoms with E-state index in [0.717, 1.165) is 10.5 Å². The van der Waals surface area contributed by atoms with Crippen LogP contribution in [0.1, 0.15) is 0 Å². The average molecular weight is 452 g/mol. The topological polar surface area (TPSA) is 67.4 Å². The number of benzene rings is 2. The SMILES string of the molecule is O=C(COc1ccc(Br)cc1Cl)NCC(=O)Nc1ccc(F)c(F)c1F. The molecule has 10 heteroatoms. The summed E-state index contributed by atoms with van der Waals surface area (Å²) < 4.78 is 45.3. The van der Waals surface area contributed by atoms with Crippen molar-refractivity contribution in [2.45, 2.75) is 0 Å². The van der Waals surface area contributed by atoms with Gasteiger partial charge in [-0.3, -0.25) is 9.59 Å². The van der Waals surface area contributed by atoms with E-state index in [0.29, 0.717) is 11.1 Å². The number of rotatable bonds is 6. The van der Waals surface area contributed by atoms with Crippen LogP contribution < -0.4 is 15.4 Å². The van der Waals surface area contributed by atoms with Gasteiger partial charge in [0.05, 0.1) is 17.3 Å². The van der Waals surface area contributed by atoms with Crippen molar-refractivity contribution in [3.63, 3.8) is 0 Å². The summed E-state index contributed by atoms with van der Waals surface area (Å²) in [6.45, 7) is -0.928. The highest BCUT2D eigenvalue weighted by Crippen LogP contribution is 2.27. The Morgan fingerprint density at radius 3 is 2.50 bits per heavy atom. The van der Waals surface area contributed by atoms with Crippen LogP contribution >= 0.6 is 27.5 Å². The van der Waals surface area contributed by atoms with Crippen LogP contribution in [0.25, 0.3) is 0 Å². The highest BCUT2D eigenvalue weighted by atomic mass is 79.9. The maximum Gasteiger partial charge on any atom is 0.258 e. The zero-order valence-electron chi connectivity index (χ0n) is 12.9. The predicted molar refractivity (Wildman–Crippen MR) is 92.6 cm³/mol. The summed E-state index contributed by atoms with van der Waals surface area (Å²) in [6.07, 6.45) is 0. The van der Waals surface area contributed by atoms with Gasteiger partial charge in [0.2, 0.25) is 5.91 Å². The molecule has 0 saturated heterocycles. The lowest BCUT2D eigenvalue weighted by Gasteiger charge is -2.10. The number of carbonyl (C=O) groups excluding carboxylic acids is 2. The third-order valence-corrected chi connectivity index (χ3v) is 3.80. The third kappa shape index (κ3) is 5.37. The molecule has 0 aliphatic rings. The molecule has 2 aromatic carbocycles. The molecule has 0 saturated carbocycles. The number of nitrogens with one attached hydrogen (secondary N) is 2. The summed E-state index contributed by atoms with van der Waals surface area (Å²) in [5.74, 6) is -5.80. The molecule has 138 valence electrons. The molecule has 0 spiro atoms. The Bertz CT molecular complexity index is 852. The van der Waals surface area contributed by atoms with Crippen molar-refractivity contribution in [1.29, 1.82) is 0 Å². The standard InChI is InChI=1S/C16H11BrClF3N2O3/c17-8-1-4-12(9(18)5-8)26-7-14(25)22-6-13(24)23-11-3-2-10(19)15(20)16(11)21/h1-5H,6-7H2,(H,22,25)(H,23,24). The first-order chi connectivity index (χ1) is 12.3. The quantitative estimate of drug-likeness (QED) is 0.659. The minimum absolute atomic E-state index is 0.276. The molecule has 5 nitrogen and oxygen atoms in total. The first-order valence-corrected chi connectivity index (χ1v) is 8.23. The van der Waals surface area contributed by atoms with Crippen molar-refractivity contribution in [3.05, 3.63) is 57.3 Å². The van der Waals surface area contributed by atoms with Gasteiger partial charge in [-0.1, -0.05) is 27.5 Å². The lowest BCUT2D eigenvalue weighted by molar-refractivity contribution is -0.125. The maximum atomic E-state index is 13.4. The van der Waals surface area contributed by atoms with Crippen molar-refractivity contribution in [2.24, 2.45) is 0 Å². The van der Waals surface area contributed by atoms with E-state index in [4.69, 9.17) is 16.3 Å². The molecule has 0 radical (unpaired) electrons. The van der Waals surface area contributed by atoms with Crippen molar-refractivity contribution in [2.75, 3.05) is 18.5 Å². The summed E-state index contributed by atoms with van der Waals surface area (Å²) >= 11 is 9.15. The first-order valence-electron chi connectivity index (χ1n) is 7.06. The fourth-order valence-corrected chi connectivity index (χ4v) is 2.51. The van der Waals surface area contributed by atoms with Crippen LogP contribution in [0.3, 0.4) is 0 Å². The smallest absolute Gasteiger partial charge is 0.258 e. The number of hydrogen-bond donors (Lipinski definition) is 2. The van der Waals surface area contributed by atoms with E-state index in [2.05, 4.69) is 21.2 Å². The van der Waals surface area contributed by atoms with Gasteiger partial charge in [-0.2, -0.15) is 0 Å². The number of amides is 2. The van der Waals surface area contributed by atoms with E-state index in [1.807, 2.05) is 5.32 Å². The highest BCUT2D eigenvalue weighted by molar-refractivity contribution is 9.10. The Morgan fingerprint density at radius 1 is 1.08 bits per heavy atom. The number of anilines is 1. The van der Waals surface area contributed by atoms with Gasteiger partial charge in [0, 0.05) is 4.47 Å². The molecular formula is C16H11BrClF3N2O3. The average Bonchev–Trinajstić information content (AvgIpc) is 2.59. The number of halogens is 5. The number of carbonyl (C=O) groups is 2. The van der Waals surface area contributed by atoms with Gasteiger partial charge in [-0.25, -0.2) is 13.2 Å². The molecule has 0 unspecified atom stereocenters. The van der Waals surface area contributed by atoms with Crippen LogP contribution in [0.15, 0.2) is 34.8 Å². The van der Waals surface area contributed by atoms with E-state index < -0.39 is 48.1 Å². The summed E-state index contributed by atoms with van der Waals surface area (Å²) in [4.78, 5) is 23.3. The molecule has 2 N–H and O–H groups in total. The van der Waals surface area contributed by atoms with Crippen LogP contribution in [0.5, 0.6) is 5.75 Å². The van der Waals surface area contributed by atoms with Gasteiger partial charge in [0.1, 0.15) is 5.75 Å². The number of hydrogen-bond acceptors (Lipinski definition) is 3. The van der Waals surface area contributed by atoms with Crippen LogP contribution in [0, 0.1) is 17.5 Å². The Morgan fingerprint density at radius 2 is 1.81 bits per heavy atom. The van der Waals surface area contributed by atoms with Gasteiger partial charge >= 0.3 is 0 Å². The van der Waals surface area contributed by atoms with Gasteiger partial charge in [0.15, 0.2) is 24.1 Å². The normalized spacial score (nSPS) is 10.3. The number of ether oxygens (including phenoxy) is 1. The zero-order valence-corrected chi connectivity index (χ0v) is 15.3. The largest absolute Gasteiger partial charge is 0.482 e. The second-order valence-electron chi connectivity index (χ2n) is 4.91. The molecule has 0 heterocycles. The van der Waals surface area contributed by atoms with Crippen molar-refractivity contribution < 1.29 is 27.5 Å². The second kappa shape index (κ2) is 8.91. The molecule has 2 rings (SSSR count). The van der Waals surface area contributed by atoms with E-state index in [1.165, 1.54) is 0 Å². The molecule has 2 amide bonds. The Kier molecular flexibility index (Phi) is 6.87. The molecule has 0 atom stereocenters. The van der Waals surface area contributed by atoms with Crippen LogP contribution in [-0.2, 0) is 9.59 Å². The molecule has 0 aromatic heterocycles. The van der Waals surface area contributed by atoms with Gasteiger partial charge in [-0.15, -0.1) is 0 Å². The van der Waals surface area contributed by atoms with Crippen molar-refractivity contribution in [1.82, 2.24) is 5.32 Å². The molecule has 0 bridgehead atoms. The lowest BCUT2D eigenvalue weighted by atomic mass is 10.2. The zero-order chi connectivity index (χ0) is 19.3. The lowest BCUT2D eigenvalue weighted by Crippen LogP contribution is -2.36. The fraction of sp³-hybridized carbons (Fsp3) is 0.125. The molecular weight excluding hydrogens is 441 g/mol. The summed E-state index contributed by atoms with van der Waals surface area (Å²) in [7, 11) is 0. The van der Waals surface area contributed by atoms with Crippen LogP contribution in [0.4, 0.5) is 18.9 Å². The van der Waals surface area contributed by atoms with Crippen LogP contribution in [0.2, 0.25) is 5.02 Å². The first kappa shape index (κ1) is 20.1. The van der Waals surface area contributed by atoms with E-state index in [-0.39, 0.29) is 5.75 Å². The minimum Gasteiger partial charge on any atom is -0.482 e. The second-order valence-corrected chi connectivity index (χ2v) is 6.23. The van der Waals surface area contributed by atoms with Gasteiger partial charge in [-0.05, 0) is 30.3 Å². The summed E-state index contributed by atoms with van der Waals surface area (Å²) in [6, 6.07) is 6.34. The van der Waals surface area contributed by atoms with Crippen LogP contribution in [-0.4, -0.2) is 25.0 Å². The summed E-state index contributed by atoms with van der Waals surface area (Å²) in [5.41, 5.74) is -0.541. The fourth-order valence-electron chi connectivity index (χ4n) is 1.78. The monoisotopic (exact) mass is 450 g/mol. The van der Waals surface area contributed by atoms with E-state index in [1.54, 1.807) is 18.2 Å². The molecule has 26 heavy (non-hydrogen) atoms. The molecule has 0 fully saturated rings. The maximum absolute atomic E-state index is 13.4. The third-order valence-electron chi connectivity index (χ3n) is 3.01.